The summed E-state index contributed by atoms with van der Waals surface area (Å²) in [5.74, 6) is -6.58. The van der Waals surface area contributed by atoms with Gasteiger partial charge in [-0.25, -0.2) is 8.78 Å². The summed E-state index contributed by atoms with van der Waals surface area (Å²) in [5, 5.41) is 106. The maximum absolute atomic E-state index is 14.4. The van der Waals surface area contributed by atoms with E-state index in [1.807, 2.05) is 24.3 Å². The van der Waals surface area contributed by atoms with Crippen molar-refractivity contribution in [2.75, 3.05) is 0 Å². The number of allylic oxidation sites excluding steroid dienone is 4. The minimum absolute atomic E-state index is 0.00491. The van der Waals surface area contributed by atoms with Gasteiger partial charge in [0.2, 0.25) is 0 Å². The Labute approximate surface area is 341 Å². The van der Waals surface area contributed by atoms with Crippen molar-refractivity contribution in [2.45, 2.75) is 23.7 Å². The second-order valence-electron chi connectivity index (χ2n) is 13.7. The fourth-order valence-corrected chi connectivity index (χ4v) is 8.44. The van der Waals surface area contributed by atoms with E-state index in [1.54, 1.807) is 0 Å². The Morgan fingerprint density at radius 2 is 0.717 bits per heavy atom. The lowest BCUT2D eigenvalue weighted by molar-refractivity contribution is 0.627. The molecular weight excluding hydrogens is 755 g/mol. The fourth-order valence-electron chi connectivity index (χ4n) is 8.44. The predicted molar refractivity (Wildman–Crippen MR) is 207 cm³/mol. The van der Waals surface area contributed by atoms with Crippen molar-refractivity contribution in [3.8, 4) is 60.7 Å². The van der Waals surface area contributed by atoms with Crippen molar-refractivity contribution in [3.63, 3.8) is 0 Å². The van der Waals surface area contributed by atoms with Gasteiger partial charge in [-0.05, 0) is 105 Å². The molecule has 0 aromatic heterocycles. The van der Waals surface area contributed by atoms with Gasteiger partial charge < -0.3 is 0 Å². The van der Waals surface area contributed by atoms with Gasteiger partial charge in [0, 0.05) is 23.0 Å². The first-order chi connectivity index (χ1) is 29.1. The van der Waals surface area contributed by atoms with Crippen molar-refractivity contribution in [2.24, 2.45) is 0 Å². The van der Waals surface area contributed by atoms with Crippen LogP contribution in [0.15, 0.2) is 84.9 Å². The summed E-state index contributed by atoms with van der Waals surface area (Å²) in [7, 11) is 0. The third-order valence-corrected chi connectivity index (χ3v) is 10.7. The first kappa shape index (κ1) is 38.6. The van der Waals surface area contributed by atoms with Gasteiger partial charge in [-0.1, -0.05) is 24.3 Å². The van der Waals surface area contributed by atoms with Gasteiger partial charge in [0.05, 0.1) is 92.8 Å². The van der Waals surface area contributed by atoms with Crippen LogP contribution in [0.5, 0.6) is 0 Å². The molecule has 4 atom stereocenters. The van der Waals surface area contributed by atoms with Crippen LogP contribution in [0.2, 0.25) is 0 Å². The van der Waals surface area contributed by atoms with E-state index < -0.39 is 35.3 Å². The molecule has 0 saturated carbocycles. The van der Waals surface area contributed by atoms with Crippen molar-refractivity contribution < 1.29 is 8.78 Å². The summed E-state index contributed by atoms with van der Waals surface area (Å²) in [6.45, 7) is 0. The zero-order valence-corrected chi connectivity index (χ0v) is 30.6. The summed E-state index contributed by atoms with van der Waals surface area (Å²) >= 11 is 0. The van der Waals surface area contributed by atoms with Crippen molar-refractivity contribution in [3.05, 3.63) is 174 Å². The van der Waals surface area contributed by atoms with E-state index >= 15 is 0 Å². The Morgan fingerprint density at radius 1 is 0.400 bits per heavy atom. The predicted octanol–water partition coefficient (Wildman–Crippen LogP) is 8.87. The Hall–Kier alpha value is -9.66. The number of hydrogen-bond donors (Lipinski definition) is 0. The molecule has 2 aliphatic carbocycles. The molecule has 5 aromatic rings. The van der Waals surface area contributed by atoms with E-state index in [4.69, 9.17) is 0 Å². The molecule has 12 heteroatoms. The molecular formula is C48H18F2N10. The van der Waals surface area contributed by atoms with E-state index in [9.17, 15) is 61.4 Å². The fraction of sp³-hybridized carbons (Fsp3) is 0.0833. The van der Waals surface area contributed by atoms with Crippen LogP contribution in [0, 0.1) is 125 Å². The maximum Gasteiger partial charge on any atom is 0.123 e. The highest BCUT2D eigenvalue weighted by Crippen LogP contribution is 2.62. The molecule has 274 valence electrons. The molecule has 5 aromatic carbocycles. The monoisotopic (exact) mass is 772 g/mol. The van der Waals surface area contributed by atoms with Gasteiger partial charge >= 0.3 is 0 Å². The summed E-state index contributed by atoms with van der Waals surface area (Å²) in [6, 6.07) is 39.1. The van der Waals surface area contributed by atoms with Crippen molar-refractivity contribution >= 4 is 22.3 Å². The smallest absolute Gasteiger partial charge is 0.123 e. The van der Waals surface area contributed by atoms with Crippen LogP contribution < -0.4 is 0 Å². The van der Waals surface area contributed by atoms with Crippen molar-refractivity contribution in [1.82, 2.24) is 0 Å². The Balaban J connectivity index is 1.68. The highest BCUT2D eigenvalue weighted by Gasteiger charge is 2.49. The van der Waals surface area contributed by atoms with Crippen LogP contribution in [-0.4, -0.2) is 0 Å². The quantitative estimate of drug-likeness (QED) is 0.159. The molecule has 0 radical (unpaired) electrons. The second-order valence-corrected chi connectivity index (χ2v) is 13.7. The van der Waals surface area contributed by atoms with Gasteiger partial charge in [0.25, 0.3) is 0 Å². The van der Waals surface area contributed by atoms with Crippen LogP contribution in [0.1, 0.15) is 102 Å². The summed E-state index contributed by atoms with van der Waals surface area (Å²) in [5.41, 5.74) is 0.178. The minimum Gasteiger partial charge on any atom is -0.207 e. The van der Waals surface area contributed by atoms with Crippen LogP contribution in [0.25, 0.3) is 22.3 Å². The zero-order valence-electron chi connectivity index (χ0n) is 30.6. The SMILES string of the molecule is N#CC1=C(c2ccc(F)cc2)C(C(C#N)c2cc(C#N)cc(C#N)c2)c2c(C#N)c3c(c(C#N)c21)C(C(C#N)c1cc(C#N)cc(C#N)c1)C(c1ccc(F)cc1)=C3C#N. The van der Waals surface area contributed by atoms with Gasteiger partial charge in [-0.15, -0.1) is 0 Å². The van der Waals surface area contributed by atoms with Crippen LogP contribution in [0.4, 0.5) is 8.78 Å². The molecule has 0 bridgehead atoms. The number of fused-ring (bicyclic) bond motifs is 2. The third kappa shape index (κ3) is 6.00. The molecule has 0 amide bonds. The van der Waals surface area contributed by atoms with Crippen LogP contribution >= 0.6 is 0 Å². The summed E-state index contributed by atoms with van der Waals surface area (Å²) in [6.07, 6.45) is 0. The number of halogens is 2. The molecule has 0 spiro atoms. The second kappa shape index (κ2) is 15.5. The Kier molecular flexibility index (Phi) is 9.95. The van der Waals surface area contributed by atoms with Gasteiger partial charge in [-0.2, -0.15) is 52.6 Å². The molecule has 10 nitrogen and oxygen atoms in total. The third-order valence-electron chi connectivity index (χ3n) is 10.7. The zero-order chi connectivity index (χ0) is 42.8. The Bertz CT molecular complexity index is 2970. The van der Waals surface area contributed by atoms with E-state index in [1.165, 1.54) is 60.7 Å². The normalized spacial score (nSPS) is 15.4. The topological polar surface area (TPSA) is 238 Å². The van der Waals surface area contributed by atoms with Gasteiger partial charge in [-0.3, -0.25) is 0 Å². The lowest BCUT2D eigenvalue weighted by Gasteiger charge is -2.27. The number of benzene rings is 5. The van der Waals surface area contributed by atoms with Gasteiger partial charge in [0.1, 0.15) is 35.9 Å². The van der Waals surface area contributed by atoms with E-state index in [0.717, 1.165) is 24.3 Å². The molecule has 60 heavy (non-hydrogen) atoms. The lowest BCUT2D eigenvalue weighted by Crippen LogP contribution is -2.16. The molecule has 0 N–H and O–H groups in total. The first-order valence-electron chi connectivity index (χ1n) is 17.7. The maximum atomic E-state index is 14.4. The molecule has 0 heterocycles. The Morgan fingerprint density at radius 3 is 0.967 bits per heavy atom. The van der Waals surface area contributed by atoms with Crippen LogP contribution in [-0.2, 0) is 0 Å². The summed E-state index contributed by atoms with van der Waals surface area (Å²) in [4.78, 5) is 0. The molecule has 0 aliphatic heterocycles. The summed E-state index contributed by atoms with van der Waals surface area (Å²) < 4.78 is 28.9. The highest BCUT2D eigenvalue weighted by molar-refractivity contribution is 6.13. The molecule has 2 aliphatic rings. The number of rotatable bonds is 6. The van der Waals surface area contributed by atoms with E-state index in [0.29, 0.717) is 0 Å². The van der Waals surface area contributed by atoms with Gasteiger partial charge in [0.15, 0.2) is 0 Å². The number of nitrogens with zero attached hydrogens (tertiary/aromatic N) is 10. The largest absolute Gasteiger partial charge is 0.207 e. The minimum atomic E-state index is -1.36. The first-order valence-corrected chi connectivity index (χ1v) is 17.7. The van der Waals surface area contributed by atoms with Crippen LogP contribution in [0.3, 0.4) is 0 Å². The van der Waals surface area contributed by atoms with E-state index in [2.05, 4.69) is 36.4 Å². The molecule has 7 rings (SSSR count). The van der Waals surface area contributed by atoms with E-state index in [-0.39, 0.29) is 100 Å². The molecule has 0 fully saturated rings. The van der Waals surface area contributed by atoms with Crippen molar-refractivity contribution in [1.29, 1.82) is 52.6 Å². The molecule has 4 unspecified atom stereocenters. The molecule has 0 saturated heterocycles. The number of nitriles is 10. The highest BCUT2D eigenvalue weighted by atomic mass is 19.1. The average molecular weight is 773 g/mol. The lowest BCUT2D eigenvalue weighted by atomic mass is 9.72. The number of hydrogen-bond acceptors (Lipinski definition) is 10. The average Bonchev–Trinajstić information content (AvgIpc) is 3.79. The standard InChI is InChI=1S/C48H18F2N10/c49-33-5-1-29(2-6-33)41-37(21-57)43-39(23-59)48-44(40(24-60)47(43)45(41)35(19-55)31-11-25(15-51)9-26(12-31)16-52)38(22-58)42(30-3-7-34(50)8-4-30)46(48)36(20-56)32-13-27(17-53)10-28(14-32)18-54/h1-14,35-36,45-46H.